The van der Waals surface area contributed by atoms with Gasteiger partial charge in [0.05, 0.1) is 11.0 Å². The Morgan fingerprint density at radius 2 is 1.94 bits per heavy atom. The maximum Gasteiger partial charge on any atom is 0.126 e. The molecule has 0 aliphatic carbocycles. The first-order chi connectivity index (χ1) is 8.02. The lowest BCUT2D eigenvalue weighted by atomic mass is 10.1. The minimum atomic E-state index is -1.31. The minimum Gasteiger partial charge on any atom is -0.237 e. The van der Waals surface area contributed by atoms with E-state index in [2.05, 4.69) is 10.8 Å². The summed E-state index contributed by atoms with van der Waals surface area (Å²) in [7, 11) is -1.31. The zero-order chi connectivity index (χ0) is 12.8. The first-order valence-electron chi connectivity index (χ1n) is 5.67. The van der Waals surface area contributed by atoms with E-state index in [0.717, 1.165) is 5.56 Å². The minimum absolute atomic E-state index is 0.364. The summed E-state index contributed by atoms with van der Waals surface area (Å²) in [6, 6.07) is 9.25. The Morgan fingerprint density at radius 1 is 1.35 bits per heavy atom. The first-order valence-corrected chi connectivity index (χ1v) is 6.82. The molecule has 1 aromatic rings. The van der Waals surface area contributed by atoms with Crippen LogP contribution >= 0.6 is 0 Å². The molecule has 0 radical (unpaired) electrons. The van der Waals surface area contributed by atoms with E-state index < -0.39 is 11.0 Å². The molecular formula is C13H18N2OS. The smallest absolute Gasteiger partial charge is 0.126 e. The first kappa shape index (κ1) is 13.9. The number of rotatable bonds is 5. The van der Waals surface area contributed by atoms with Crippen molar-refractivity contribution in [2.45, 2.75) is 38.1 Å². The van der Waals surface area contributed by atoms with Crippen molar-refractivity contribution in [3.63, 3.8) is 0 Å². The number of hydrogen-bond acceptors (Lipinski definition) is 2. The Bertz CT molecular complexity index is 420. The Hall–Kier alpha value is -1.18. The van der Waals surface area contributed by atoms with Gasteiger partial charge < -0.3 is 0 Å². The van der Waals surface area contributed by atoms with E-state index >= 15 is 0 Å². The molecule has 0 aliphatic rings. The largest absolute Gasteiger partial charge is 0.237 e. The van der Waals surface area contributed by atoms with Crippen molar-refractivity contribution >= 4 is 11.0 Å². The van der Waals surface area contributed by atoms with Gasteiger partial charge in [0.15, 0.2) is 0 Å². The maximum absolute atomic E-state index is 12.0. The molecule has 4 heteroatoms. The molecule has 0 aromatic heterocycles. The summed E-state index contributed by atoms with van der Waals surface area (Å²) >= 11 is 0. The molecule has 1 N–H and O–H groups in total. The second-order valence-electron chi connectivity index (χ2n) is 4.51. The summed E-state index contributed by atoms with van der Waals surface area (Å²) in [6.45, 7) is 6.07. The summed E-state index contributed by atoms with van der Waals surface area (Å²) in [4.78, 5) is 0.708. The van der Waals surface area contributed by atoms with Crippen molar-refractivity contribution in [1.82, 2.24) is 4.72 Å². The van der Waals surface area contributed by atoms with Crippen LogP contribution in [0.4, 0.5) is 0 Å². The zero-order valence-electron chi connectivity index (χ0n) is 10.4. The van der Waals surface area contributed by atoms with Crippen LogP contribution in [0.15, 0.2) is 29.2 Å². The van der Waals surface area contributed by atoms with Crippen molar-refractivity contribution in [3.05, 3.63) is 29.8 Å². The standard InChI is InChI=1S/C13H18N2OS/c1-10(2)8-12(9-14)15-17(16)13-6-4-11(3)5-7-13/h4-7,10,12,15H,8H2,1-3H3/t12-,17?/m1/s1. The van der Waals surface area contributed by atoms with E-state index in [1.807, 2.05) is 45.0 Å². The normalized spacial score (nSPS) is 14.3. The fourth-order valence-corrected chi connectivity index (χ4v) is 2.38. The van der Waals surface area contributed by atoms with Crippen molar-refractivity contribution in [2.24, 2.45) is 5.92 Å². The fraction of sp³-hybridized carbons (Fsp3) is 0.462. The Kier molecular flexibility index (Phi) is 5.33. The van der Waals surface area contributed by atoms with Crippen LogP contribution in [0.5, 0.6) is 0 Å². The van der Waals surface area contributed by atoms with Crippen LogP contribution in [0.2, 0.25) is 0 Å². The lowest BCUT2D eigenvalue weighted by Crippen LogP contribution is -2.30. The van der Waals surface area contributed by atoms with Crippen molar-refractivity contribution < 1.29 is 4.21 Å². The molecule has 92 valence electrons. The van der Waals surface area contributed by atoms with Crippen LogP contribution < -0.4 is 4.72 Å². The molecule has 0 amide bonds. The number of nitrogens with zero attached hydrogens (tertiary/aromatic N) is 1. The van der Waals surface area contributed by atoms with Gasteiger partial charge in [0, 0.05) is 0 Å². The van der Waals surface area contributed by atoms with Crippen molar-refractivity contribution in [2.75, 3.05) is 0 Å². The van der Waals surface area contributed by atoms with E-state index in [-0.39, 0.29) is 6.04 Å². The second-order valence-corrected chi connectivity index (χ2v) is 5.76. The highest BCUT2D eigenvalue weighted by molar-refractivity contribution is 7.83. The molecule has 0 aliphatic heterocycles. The summed E-state index contributed by atoms with van der Waals surface area (Å²) in [5.41, 5.74) is 1.13. The number of benzene rings is 1. The van der Waals surface area contributed by atoms with Gasteiger partial charge in [-0.05, 0) is 31.4 Å². The Labute approximate surface area is 105 Å². The third-order valence-electron chi connectivity index (χ3n) is 2.35. The Balaban J connectivity index is 2.65. The highest BCUT2D eigenvalue weighted by Gasteiger charge is 2.13. The summed E-state index contributed by atoms with van der Waals surface area (Å²) in [5, 5.41) is 8.97. The van der Waals surface area contributed by atoms with Crippen LogP contribution in [0, 0.1) is 24.2 Å². The van der Waals surface area contributed by atoms with Crippen LogP contribution in [0.3, 0.4) is 0 Å². The van der Waals surface area contributed by atoms with E-state index in [4.69, 9.17) is 5.26 Å². The average molecular weight is 250 g/mol. The van der Waals surface area contributed by atoms with Gasteiger partial charge in [0.1, 0.15) is 17.0 Å². The number of nitrogens with one attached hydrogen (secondary N) is 1. The summed E-state index contributed by atoms with van der Waals surface area (Å²) in [5.74, 6) is 0.405. The highest BCUT2D eigenvalue weighted by Crippen LogP contribution is 2.09. The monoisotopic (exact) mass is 250 g/mol. The van der Waals surface area contributed by atoms with E-state index in [1.165, 1.54) is 0 Å². The average Bonchev–Trinajstić information content (AvgIpc) is 2.28. The van der Waals surface area contributed by atoms with E-state index in [9.17, 15) is 4.21 Å². The van der Waals surface area contributed by atoms with Gasteiger partial charge in [0.2, 0.25) is 0 Å². The van der Waals surface area contributed by atoms with Gasteiger partial charge in [-0.3, -0.25) is 0 Å². The molecule has 0 bridgehead atoms. The predicted molar refractivity (Wildman–Crippen MR) is 69.6 cm³/mol. The summed E-state index contributed by atoms with van der Waals surface area (Å²) < 4.78 is 14.8. The predicted octanol–water partition coefficient (Wildman–Crippen LogP) is 2.55. The molecule has 0 saturated carbocycles. The van der Waals surface area contributed by atoms with Gasteiger partial charge in [-0.15, -0.1) is 0 Å². The molecule has 17 heavy (non-hydrogen) atoms. The Morgan fingerprint density at radius 3 is 2.41 bits per heavy atom. The molecule has 0 heterocycles. The molecule has 0 fully saturated rings. The lowest BCUT2D eigenvalue weighted by Gasteiger charge is -2.13. The second kappa shape index (κ2) is 6.53. The third-order valence-corrected chi connectivity index (χ3v) is 3.55. The molecule has 0 saturated heterocycles. The molecule has 2 atom stereocenters. The number of nitriles is 1. The molecule has 1 unspecified atom stereocenters. The molecule has 1 aromatic carbocycles. The lowest BCUT2D eigenvalue weighted by molar-refractivity contribution is 0.529. The van der Waals surface area contributed by atoms with Gasteiger partial charge in [0.25, 0.3) is 0 Å². The quantitative estimate of drug-likeness (QED) is 0.873. The van der Waals surface area contributed by atoms with Crippen molar-refractivity contribution in [3.8, 4) is 6.07 Å². The van der Waals surface area contributed by atoms with Crippen LogP contribution in [0.25, 0.3) is 0 Å². The van der Waals surface area contributed by atoms with Crippen molar-refractivity contribution in [1.29, 1.82) is 5.26 Å². The van der Waals surface area contributed by atoms with Gasteiger partial charge in [-0.2, -0.15) is 5.26 Å². The third kappa shape index (κ3) is 4.68. The molecule has 3 nitrogen and oxygen atoms in total. The van der Waals surface area contributed by atoms with Gasteiger partial charge in [-0.1, -0.05) is 31.5 Å². The molecule has 1 rings (SSSR count). The fourth-order valence-electron chi connectivity index (χ4n) is 1.46. The van der Waals surface area contributed by atoms with Gasteiger partial charge >= 0.3 is 0 Å². The van der Waals surface area contributed by atoms with Gasteiger partial charge in [-0.25, -0.2) is 8.93 Å². The molecular weight excluding hydrogens is 232 g/mol. The zero-order valence-corrected chi connectivity index (χ0v) is 11.3. The number of hydrogen-bond donors (Lipinski definition) is 1. The van der Waals surface area contributed by atoms with Crippen LogP contribution in [-0.2, 0) is 11.0 Å². The van der Waals surface area contributed by atoms with Crippen LogP contribution in [-0.4, -0.2) is 10.3 Å². The number of aryl methyl sites for hydroxylation is 1. The SMILES string of the molecule is Cc1ccc(S(=O)N[C@@H](C#N)CC(C)C)cc1. The summed E-state index contributed by atoms with van der Waals surface area (Å²) in [6.07, 6.45) is 0.702. The van der Waals surface area contributed by atoms with E-state index in [1.54, 1.807) is 0 Å². The molecule has 0 spiro atoms. The van der Waals surface area contributed by atoms with E-state index in [0.29, 0.717) is 17.2 Å². The topological polar surface area (TPSA) is 52.9 Å². The highest BCUT2D eigenvalue weighted by atomic mass is 32.2. The maximum atomic E-state index is 12.0. The van der Waals surface area contributed by atoms with Crippen LogP contribution in [0.1, 0.15) is 25.8 Å².